The third-order valence-electron chi connectivity index (χ3n) is 2.46. The van der Waals surface area contributed by atoms with Crippen LogP contribution in [0.3, 0.4) is 0 Å². The number of rotatable bonds is 3. The Bertz CT molecular complexity index is 538. The average Bonchev–Trinajstić information content (AvgIpc) is 2.57. The van der Waals surface area contributed by atoms with Crippen LogP contribution in [0.2, 0.25) is 0 Å². The molecule has 0 aliphatic carbocycles. The summed E-state index contributed by atoms with van der Waals surface area (Å²) >= 11 is 0. The normalized spacial score (nSPS) is 12.9. The summed E-state index contributed by atoms with van der Waals surface area (Å²) in [6.45, 7) is 1.97. The SMILES string of the molecule is CC(CC=O)c1ccc2oc(=O)[nH]c2c1. The zero-order valence-electron chi connectivity index (χ0n) is 8.32. The molecule has 2 aromatic rings. The maximum absolute atomic E-state index is 10.9. The molecular weight excluding hydrogens is 194 g/mol. The maximum Gasteiger partial charge on any atom is 0.417 e. The molecule has 0 bridgehead atoms. The van der Waals surface area contributed by atoms with E-state index in [0.29, 0.717) is 17.5 Å². The van der Waals surface area contributed by atoms with Crippen molar-refractivity contribution in [3.8, 4) is 0 Å². The Morgan fingerprint density at radius 3 is 3.07 bits per heavy atom. The second kappa shape index (κ2) is 3.73. The van der Waals surface area contributed by atoms with Crippen LogP contribution in [0, 0.1) is 0 Å². The molecule has 1 aromatic heterocycles. The average molecular weight is 205 g/mol. The summed E-state index contributed by atoms with van der Waals surface area (Å²) in [7, 11) is 0. The Hall–Kier alpha value is -1.84. The number of aldehydes is 1. The van der Waals surface area contributed by atoms with E-state index >= 15 is 0 Å². The molecule has 1 atom stereocenters. The van der Waals surface area contributed by atoms with Crippen molar-refractivity contribution < 1.29 is 9.21 Å². The van der Waals surface area contributed by atoms with Gasteiger partial charge in [0.05, 0.1) is 5.52 Å². The molecule has 4 nitrogen and oxygen atoms in total. The molecule has 0 saturated carbocycles. The number of hydrogen-bond acceptors (Lipinski definition) is 3. The Kier molecular flexibility index (Phi) is 2.41. The fourth-order valence-corrected chi connectivity index (χ4v) is 1.56. The maximum atomic E-state index is 10.9. The molecule has 2 rings (SSSR count). The second-order valence-electron chi connectivity index (χ2n) is 3.57. The van der Waals surface area contributed by atoms with E-state index in [1.165, 1.54) is 0 Å². The van der Waals surface area contributed by atoms with E-state index in [4.69, 9.17) is 4.42 Å². The monoisotopic (exact) mass is 205 g/mol. The predicted octanol–water partition coefficient (Wildman–Crippen LogP) is 1.81. The number of carbonyl (C=O) groups is 1. The van der Waals surface area contributed by atoms with Gasteiger partial charge >= 0.3 is 5.76 Å². The smallest absolute Gasteiger partial charge is 0.408 e. The van der Waals surface area contributed by atoms with Crippen molar-refractivity contribution in [1.29, 1.82) is 0 Å². The lowest BCUT2D eigenvalue weighted by atomic mass is 9.98. The van der Waals surface area contributed by atoms with Gasteiger partial charge in [-0.2, -0.15) is 0 Å². The first-order chi connectivity index (χ1) is 7.20. The van der Waals surface area contributed by atoms with Gasteiger partial charge in [-0.25, -0.2) is 4.79 Å². The number of aromatic nitrogens is 1. The summed E-state index contributed by atoms with van der Waals surface area (Å²) in [6.07, 6.45) is 1.38. The highest BCUT2D eigenvalue weighted by Crippen LogP contribution is 2.21. The molecule has 1 unspecified atom stereocenters. The Morgan fingerprint density at radius 1 is 1.53 bits per heavy atom. The highest BCUT2D eigenvalue weighted by Gasteiger charge is 2.07. The zero-order chi connectivity index (χ0) is 10.8. The third-order valence-corrected chi connectivity index (χ3v) is 2.46. The lowest BCUT2D eigenvalue weighted by Gasteiger charge is -2.06. The molecule has 4 heteroatoms. The van der Waals surface area contributed by atoms with Crippen LogP contribution in [0.15, 0.2) is 27.4 Å². The summed E-state index contributed by atoms with van der Waals surface area (Å²) < 4.78 is 4.88. The van der Waals surface area contributed by atoms with Gasteiger partial charge in [-0.05, 0) is 23.6 Å². The van der Waals surface area contributed by atoms with Gasteiger partial charge in [0.25, 0.3) is 0 Å². The number of benzene rings is 1. The van der Waals surface area contributed by atoms with Crippen LogP contribution >= 0.6 is 0 Å². The molecule has 0 aliphatic heterocycles. The largest absolute Gasteiger partial charge is 0.417 e. The predicted molar refractivity (Wildman–Crippen MR) is 55.9 cm³/mol. The number of hydrogen-bond donors (Lipinski definition) is 1. The van der Waals surface area contributed by atoms with E-state index in [0.717, 1.165) is 11.8 Å². The summed E-state index contributed by atoms with van der Waals surface area (Å²) in [5.41, 5.74) is 2.24. The number of oxazole rings is 1. The van der Waals surface area contributed by atoms with E-state index in [9.17, 15) is 9.59 Å². The second-order valence-corrected chi connectivity index (χ2v) is 3.57. The van der Waals surface area contributed by atoms with Crippen LogP contribution in [0.1, 0.15) is 24.8 Å². The molecule has 1 heterocycles. The van der Waals surface area contributed by atoms with Gasteiger partial charge in [0.1, 0.15) is 6.29 Å². The van der Waals surface area contributed by atoms with Crippen molar-refractivity contribution in [2.24, 2.45) is 0 Å². The van der Waals surface area contributed by atoms with Crippen molar-refractivity contribution in [1.82, 2.24) is 4.98 Å². The number of carbonyl (C=O) groups excluding carboxylic acids is 1. The number of fused-ring (bicyclic) bond motifs is 1. The van der Waals surface area contributed by atoms with Crippen molar-refractivity contribution in [3.05, 3.63) is 34.3 Å². The number of H-pyrrole nitrogens is 1. The van der Waals surface area contributed by atoms with Gasteiger partial charge < -0.3 is 9.21 Å². The van der Waals surface area contributed by atoms with Gasteiger partial charge in [-0.3, -0.25) is 4.98 Å². The molecule has 1 aromatic carbocycles. The van der Waals surface area contributed by atoms with E-state index in [1.807, 2.05) is 19.1 Å². The topological polar surface area (TPSA) is 63.1 Å². The van der Waals surface area contributed by atoms with Crippen LogP contribution in [-0.2, 0) is 4.79 Å². The van der Waals surface area contributed by atoms with Gasteiger partial charge in [-0.1, -0.05) is 13.0 Å². The molecule has 0 saturated heterocycles. The first-order valence-electron chi connectivity index (χ1n) is 4.77. The number of aromatic amines is 1. The van der Waals surface area contributed by atoms with Crippen LogP contribution < -0.4 is 5.76 Å². The summed E-state index contributed by atoms with van der Waals surface area (Å²) in [6, 6.07) is 5.45. The fourth-order valence-electron chi connectivity index (χ4n) is 1.56. The van der Waals surface area contributed by atoms with E-state index in [1.54, 1.807) is 6.07 Å². The van der Waals surface area contributed by atoms with Crippen molar-refractivity contribution >= 4 is 17.4 Å². The summed E-state index contributed by atoms with van der Waals surface area (Å²) in [4.78, 5) is 23.9. The molecule has 0 spiro atoms. The summed E-state index contributed by atoms with van der Waals surface area (Å²) in [5.74, 6) is -0.296. The van der Waals surface area contributed by atoms with E-state index < -0.39 is 5.76 Å². The third kappa shape index (κ3) is 1.83. The molecule has 78 valence electrons. The molecule has 0 aliphatic rings. The standard InChI is InChI=1S/C11H11NO3/c1-7(4-5-13)8-2-3-10-9(6-8)12-11(14)15-10/h2-3,5-7H,4H2,1H3,(H,12,14). The van der Waals surface area contributed by atoms with Crippen molar-refractivity contribution in [3.63, 3.8) is 0 Å². The molecular formula is C11H11NO3. The van der Waals surface area contributed by atoms with E-state index in [2.05, 4.69) is 4.98 Å². The van der Waals surface area contributed by atoms with E-state index in [-0.39, 0.29) is 5.92 Å². The Labute approximate surface area is 85.9 Å². The van der Waals surface area contributed by atoms with Gasteiger partial charge in [0.15, 0.2) is 5.58 Å². The first kappa shape index (κ1) is 9.71. The van der Waals surface area contributed by atoms with Crippen LogP contribution in [0.25, 0.3) is 11.1 Å². The Morgan fingerprint density at radius 2 is 2.33 bits per heavy atom. The lowest BCUT2D eigenvalue weighted by molar-refractivity contribution is -0.108. The fraction of sp³-hybridized carbons (Fsp3) is 0.273. The molecule has 0 fully saturated rings. The minimum Gasteiger partial charge on any atom is -0.408 e. The molecule has 1 N–H and O–H groups in total. The van der Waals surface area contributed by atoms with Crippen LogP contribution in [-0.4, -0.2) is 11.3 Å². The molecule has 0 radical (unpaired) electrons. The Balaban J connectivity index is 2.45. The van der Waals surface area contributed by atoms with Gasteiger partial charge in [0, 0.05) is 6.42 Å². The quantitative estimate of drug-likeness (QED) is 0.777. The first-order valence-corrected chi connectivity index (χ1v) is 4.77. The minimum atomic E-state index is -0.454. The van der Waals surface area contributed by atoms with Gasteiger partial charge in [-0.15, -0.1) is 0 Å². The zero-order valence-corrected chi connectivity index (χ0v) is 8.32. The van der Waals surface area contributed by atoms with Gasteiger partial charge in [0.2, 0.25) is 0 Å². The van der Waals surface area contributed by atoms with Crippen LogP contribution in [0.4, 0.5) is 0 Å². The minimum absolute atomic E-state index is 0.158. The number of nitrogens with one attached hydrogen (secondary N) is 1. The van der Waals surface area contributed by atoms with Crippen molar-refractivity contribution in [2.75, 3.05) is 0 Å². The van der Waals surface area contributed by atoms with Crippen molar-refractivity contribution in [2.45, 2.75) is 19.3 Å². The highest BCUT2D eigenvalue weighted by atomic mass is 16.4. The molecule has 0 amide bonds. The van der Waals surface area contributed by atoms with Crippen LogP contribution in [0.5, 0.6) is 0 Å². The molecule has 15 heavy (non-hydrogen) atoms. The lowest BCUT2D eigenvalue weighted by Crippen LogP contribution is -1.95. The highest BCUT2D eigenvalue weighted by molar-refractivity contribution is 5.73. The summed E-state index contributed by atoms with van der Waals surface area (Å²) in [5, 5.41) is 0.